The number of anilines is 2. The molecule has 8 rings (SSSR count). The first-order valence-electron chi connectivity index (χ1n) is 15.5. The molecule has 4 aromatic rings. The summed E-state index contributed by atoms with van der Waals surface area (Å²) in [6.45, 7) is 6.86. The molecule has 0 aliphatic carbocycles. The number of alkyl halides is 1. The lowest BCUT2D eigenvalue weighted by molar-refractivity contribution is -0.201. The van der Waals surface area contributed by atoms with E-state index in [-0.39, 0.29) is 49.6 Å². The van der Waals surface area contributed by atoms with E-state index in [1.807, 2.05) is 18.7 Å². The van der Waals surface area contributed by atoms with Crippen molar-refractivity contribution in [1.82, 2.24) is 24.8 Å². The summed E-state index contributed by atoms with van der Waals surface area (Å²) in [5.74, 6) is -0.860. The van der Waals surface area contributed by atoms with Gasteiger partial charge in [-0.2, -0.15) is 15.2 Å². The Morgan fingerprint density at radius 3 is 2.77 bits per heavy atom. The third kappa shape index (κ3) is 5.01. The highest BCUT2D eigenvalue weighted by Crippen LogP contribution is 2.45. The van der Waals surface area contributed by atoms with Crippen LogP contribution in [0.4, 0.5) is 24.1 Å². The van der Waals surface area contributed by atoms with Crippen LogP contribution in [0.1, 0.15) is 33.1 Å². The van der Waals surface area contributed by atoms with E-state index < -0.39 is 34.5 Å². The maximum atomic E-state index is 16.9. The maximum absolute atomic E-state index is 16.9. The van der Waals surface area contributed by atoms with E-state index in [0.717, 1.165) is 30.7 Å². The van der Waals surface area contributed by atoms with E-state index in [1.165, 1.54) is 12.1 Å². The van der Waals surface area contributed by atoms with Gasteiger partial charge in [-0.15, -0.1) is 0 Å². The average molecular weight is 685 g/mol. The number of rotatable bonds is 5. The maximum Gasteiger partial charge on any atom is 0.319 e. The molecule has 0 bridgehead atoms. The van der Waals surface area contributed by atoms with Crippen LogP contribution in [0, 0.1) is 23.1 Å². The fourth-order valence-electron chi connectivity index (χ4n) is 8.10. The number of ether oxygens (including phenoxy) is 2. The van der Waals surface area contributed by atoms with E-state index in [4.69, 9.17) is 31.8 Å². The summed E-state index contributed by atoms with van der Waals surface area (Å²) in [6.07, 6.45) is 3.31. The fraction of sp³-hybridized carbons (Fsp3) is 0.500. The Morgan fingerprint density at radius 2 is 1.98 bits per heavy atom. The van der Waals surface area contributed by atoms with Crippen molar-refractivity contribution < 1.29 is 22.6 Å². The molecule has 4 fully saturated rings. The molecule has 0 unspecified atom stereocenters. The Hall–Kier alpha value is -3.64. The number of fused-ring (bicyclic) bond motifs is 3. The number of nitriles is 1. The Bertz CT molecular complexity index is 1980. The van der Waals surface area contributed by atoms with Crippen molar-refractivity contribution in [3.8, 4) is 23.3 Å². The standard InChI is InChI=1S/C32H32ClF3N8O2S/c1-30(2)11-43(14-32(46-30)12-42(13-32)16-37)27-19-8-20(33)22(18-4-5-21(35)26-25(18)39-28(38)47-26)23(36)24(19)40-29(41-27)45-15-31-6-3-7-44(31)10-17(34)9-31/h4-5,8,17H,3,6-7,9-15H2,1-2H3,(H2,38,39)/t17-,31+/m1/s1. The van der Waals surface area contributed by atoms with Crippen molar-refractivity contribution in [3.05, 3.63) is 34.9 Å². The molecule has 0 amide bonds. The van der Waals surface area contributed by atoms with E-state index in [2.05, 4.69) is 21.1 Å². The summed E-state index contributed by atoms with van der Waals surface area (Å²) in [6, 6.07) is 4.23. The van der Waals surface area contributed by atoms with Crippen molar-refractivity contribution in [2.45, 2.75) is 56.0 Å². The van der Waals surface area contributed by atoms with Crippen molar-refractivity contribution in [3.63, 3.8) is 0 Å². The number of hydrogen-bond donors (Lipinski definition) is 1. The van der Waals surface area contributed by atoms with Crippen LogP contribution in [0.3, 0.4) is 0 Å². The number of benzene rings is 2. The Balaban J connectivity index is 1.27. The summed E-state index contributed by atoms with van der Waals surface area (Å²) in [5.41, 5.74) is 4.63. The molecule has 2 atom stereocenters. The second-order valence-corrected chi connectivity index (χ2v) is 15.3. The van der Waals surface area contributed by atoms with Crippen LogP contribution in [-0.2, 0) is 4.74 Å². The second kappa shape index (κ2) is 10.7. The quantitative estimate of drug-likeness (QED) is 0.269. The highest BCUT2D eigenvalue weighted by Gasteiger charge is 2.53. The first kappa shape index (κ1) is 30.7. The predicted octanol–water partition coefficient (Wildman–Crippen LogP) is 5.53. The predicted molar refractivity (Wildman–Crippen MR) is 173 cm³/mol. The van der Waals surface area contributed by atoms with Crippen LogP contribution in [-0.4, -0.2) is 93.5 Å². The molecule has 6 heterocycles. The Morgan fingerprint density at radius 1 is 1.17 bits per heavy atom. The van der Waals surface area contributed by atoms with Crippen molar-refractivity contribution >= 4 is 55.0 Å². The van der Waals surface area contributed by atoms with Gasteiger partial charge in [-0.05, 0) is 51.4 Å². The van der Waals surface area contributed by atoms with E-state index in [9.17, 15) is 14.0 Å². The number of halogens is 4. The van der Waals surface area contributed by atoms with Gasteiger partial charge < -0.3 is 25.0 Å². The van der Waals surface area contributed by atoms with E-state index in [0.29, 0.717) is 50.3 Å². The molecule has 4 aliphatic heterocycles. The number of nitrogen functional groups attached to an aromatic ring is 1. The third-order valence-corrected chi connectivity index (χ3v) is 11.0. The number of nitrogens with zero attached hydrogens (tertiary/aromatic N) is 7. The SMILES string of the molecule is CC1(C)CN(c2nc(OC[C@@]34CCCN3C[C@H](F)C4)nc3c(F)c(-c4ccc(F)c5sc(N)nc45)c(Cl)cc23)CC2(CN(C#N)C2)O1. The minimum absolute atomic E-state index is 0.00382. The minimum atomic E-state index is -0.941. The minimum Gasteiger partial charge on any atom is -0.461 e. The van der Waals surface area contributed by atoms with Gasteiger partial charge in [0.15, 0.2) is 17.1 Å². The molecular formula is C32H32ClF3N8O2S. The zero-order chi connectivity index (χ0) is 32.9. The Kier molecular flexibility index (Phi) is 6.97. The van der Waals surface area contributed by atoms with Gasteiger partial charge in [0, 0.05) is 36.0 Å². The smallest absolute Gasteiger partial charge is 0.319 e. The Labute approximate surface area is 277 Å². The lowest BCUT2D eigenvalue weighted by atomic mass is 9.88. The van der Waals surface area contributed by atoms with E-state index in [1.54, 1.807) is 11.0 Å². The highest BCUT2D eigenvalue weighted by molar-refractivity contribution is 7.22. The van der Waals surface area contributed by atoms with Crippen LogP contribution < -0.4 is 15.4 Å². The van der Waals surface area contributed by atoms with Crippen molar-refractivity contribution in [2.75, 3.05) is 56.5 Å². The van der Waals surface area contributed by atoms with Gasteiger partial charge in [0.25, 0.3) is 0 Å². The number of hydrogen-bond acceptors (Lipinski definition) is 11. The molecule has 2 aromatic carbocycles. The summed E-state index contributed by atoms with van der Waals surface area (Å²) in [4.78, 5) is 19.5. The molecule has 0 saturated carbocycles. The van der Waals surface area contributed by atoms with Gasteiger partial charge in [0.1, 0.15) is 35.5 Å². The first-order valence-corrected chi connectivity index (χ1v) is 16.7. The van der Waals surface area contributed by atoms with Crippen LogP contribution >= 0.6 is 22.9 Å². The third-order valence-electron chi connectivity index (χ3n) is 9.80. The lowest BCUT2D eigenvalue weighted by Crippen LogP contribution is -2.72. The number of likely N-dealkylation sites (tertiary alicyclic amines) is 1. The molecule has 2 N–H and O–H groups in total. The number of thiazole rings is 1. The summed E-state index contributed by atoms with van der Waals surface area (Å²) in [7, 11) is 0. The molecule has 4 aliphatic rings. The molecule has 246 valence electrons. The largest absolute Gasteiger partial charge is 0.461 e. The van der Waals surface area contributed by atoms with Gasteiger partial charge in [0.05, 0.1) is 46.0 Å². The van der Waals surface area contributed by atoms with E-state index >= 15 is 4.39 Å². The first-order chi connectivity index (χ1) is 22.4. The van der Waals surface area contributed by atoms with Crippen LogP contribution in [0.5, 0.6) is 6.01 Å². The van der Waals surface area contributed by atoms with Gasteiger partial charge in [0.2, 0.25) is 0 Å². The molecular weight excluding hydrogens is 653 g/mol. The van der Waals surface area contributed by atoms with Gasteiger partial charge in [-0.1, -0.05) is 22.9 Å². The second-order valence-electron chi connectivity index (χ2n) is 13.8. The molecule has 10 nitrogen and oxygen atoms in total. The normalized spacial score (nSPS) is 25.0. The number of morpholine rings is 1. The van der Waals surface area contributed by atoms with Gasteiger partial charge >= 0.3 is 6.01 Å². The molecule has 0 radical (unpaired) electrons. The summed E-state index contributed by atoms with van der Waals surface area (Å²) >= 11 is 7.82. The number of nitrogens with two attached hydrogens (primary N) is 1. The average Bonchev–Trinajstić information content (AvgIpc) is 3.66. The van der Waals surface area contributed by atoms with Crippen LogP contribution in [0.25, 0.3) is 32.2 Å². The molecule has 4 saturated heterocycles. The summed E-state index contributed by atoms with van der Waals surface area (Å²) < 4.78 is 59.1. The molecule has 2 aromatic heterocycles. The number of aromatic nitrogens is 3. The summed E-state index contributed by atoms with van der Waals surface area (Å²) in [5, 5.41) is 10.00. The fourth-order valence-corrected chi connectivity index (χ4v) is 9.16. The molecule has 15 heteroatoms. The topological polar surface area (TPSA) is 117 Å². The highest BCUT2D eigenvalue weighted by atomic mass is 35.5. The zero-order valence-electron chi connectivity index (χ0n) is 25.8. The molecule has 47 heavy (non-hydrogen) atoms. The lowest BCUT2D eigenvalue weighted by Gasteiger charge is -2.56. The monoisotopic (exact) mass is 684 g/mol. The zero-order valence-corrected chi connectivity index (χ0v) is 27.4. The van der Waals surface area contributed by atoms with Crippen LogP contribution in [0.2, 0.25) is 5.02 Å². The van der Waals surface area contributed by atoms with Crippen molar-refractivity contribution in [1.29, 1.82) is 5.26 Å². The van der Waals surface area contributed by atoms with Gasteiger partial charge in [-0.3, -0.25) is 4.90 Å². The van der Waals surface area contributed by atoms with Crippen LogP contribution in [0.15, 0.2) is 18.2 Å². The van der Waals surface area contributed by atoms with Gasteiger partial charge in [-0.25, -0.2) is 18.2 Å². The molecule has 1 spiro atoms. The van der Waals surface area contributed by atoms with Crippen molar-refractivity contribution in [2.24, 2.45) is 0 Å².